The number of β-lactam (4-membered cyclic amide) rings is 1. The molecule has 2 saturated heterocycles. The number of rotatable bonds is 4. The standard InChI is InChI=1S/C22H20N4O3S/c1-22(2)18(21(28)29)26-19(27)17(20(26)30-22)25-12-16(23-24-25)15-10-8-14(9-11-15)13-6-4-3-5-7-13/h3-12,17-18,20H,1-2H3,(H,28,29)/t17-,18+,20-/m1/s1. The first-order valence-electron chi connectivity index (χ1n) is 9.67. The Bertz CT molecular complexity index is 1130. The summed E-state index contributed by atoms with van der Waals surface area (Å²) >= 11 is 1.50. The fourth-order valence-electron chi connectivity index (χ4n) is 4.25. The minimum atomic E-state index is -0.973. The number of thioether (sulfide) groups is 1. The van der Waals surface area contributed by atoms with E-state index in [9.17, 15) is 14.7 Å². The normalized spacial score (nSPS) is 24.4. The molecule has 8 heteroatoms. The van der Waals surface area contributed by atoms with Crippen molar-refractivity contribution >= 4 is 23.6 Å². The molecular formula is C22H20N4O3S. The van der Waals surface area contributed by atoms with Gasteiger partial charge in [0.2, 0.25) is 0 Å². The van der Waals surface area contributed by atoms with E-state index >= 15 is 0 Å². The van der Waals surface area contributed by atoms with Crippen LogP contribution in [0.3, 0.4) is 0 Å². The van der Waals surface area contributed by atoms with Crippen molar-refractivity contribution in [3.05, 3.63) is 60.8 Å². The summed E-state index contributed by atoms with van der Waals surface area (Å²) in [4.78, 5) is 25.9. The molecule has 2 aliphatic rings. The highest BCUT2D eigenvalue weighted by atomic mass is 32.2. The van der Waals surface area contributed by atoms with Crippen molar-refractivity contribution in [1.29, 1.82) is 0 Å². The van der Waals surface area contributed by atoms with Crippen molar-refractivity contribution in [1.82, 2.24) is 19.9 Å². The summed E-state index contributed by atoms with van der Waals surface area (Å²) < 4.78 is 1.01. The van der Waals surface area contributed by atoms with Crippen LogP contribution in [0.15, 0.2) is 60.8 Å². The summed E-state index contributed by atoms with van der Waals surface area (Å²) in [6.07, 6.45) is 1.76. The number of aromatic nitrogens is 3. The van der Waals surface area contributed by atoms with Gasteiger partial charge >= 0.3 is 5.97 Å². The molecule has 2 aliphatic heterocycles. The first-order valence-corrected chi connectivity index (χ1v) is 10.6. The molecule has 1 N–H and O–H groups in total. The molecule has 1 aromatic heterocycles. The van der Waals surface area contributed by atoms with Crippen LogP contribution in [-0.2, 0) is 9.59 Å². The van der Waals surface area contributed by atoms with Crippen LogP contribution in [-0.4, -0.2) is 53.0 Å². The summed E-state index contributed by atoms with van der Waals surface area (Å²) in [7, 11) is 0. The maximum atomic E-state index is 12.8. The molecule has 2 aromatic carbocycles. The number of hydrogen-bond donors (Lipinski definition) is 1. The zero-order valence-corrected chi connectivity index (χ0v) is 17.3. The molecular weight excluding hydrogens is 400 g/mol. The van der Waals surface area contributed by atoms with E-state index in [1.165, 1.54) is 16.7 Å². The fraction of sp³-hybridized carbons (Fsp3) is 0.273. The minimum Gasteiger partial charge on any atom is -0.480 e. The molecule has 3 atom stereocenters. The molecule has 0 unspecified atom stereocenters. The Labute approximate surface area is 177 Å². The van der Waals surface area contributed by atoms with Gasteiger partial charge in [-0.05, 0) is 25.0 Å². The van der Waals surface area contributed by atoms with Crippen molar-refractivity contribution in [2.24, 2.45) is 0 Å². The largest absolute Gasteiger partial charge is 0.480 e. The van der Waals surface area contributed by atoms with Crippen LogP contribution in [0.25, 0.3) is 22.4 Å². The zero-order valence-electron chi connectivity index (χ0n) is 16.5. The van der Waals surface area contributed by atoms with Gasteiger partial charge in [-0.2, -0.15) is 0 Å². The number of aliphatic carboxylic acids is 1. The highest BCUT2D eigenvalue weighted by Crippen LogP contribution is 2.54. The fourth-order valence-corrected chi connectivity index (χ4v) is 5.92. The summed E-state index contributed by atoms with van der Waals surface area (Å²) in [5, 5.41) is 17.7. The van der Waals surface area contributed by atoms with Crippen LogP contribution in [0.5, 0.6) is 0 Å². The van der Waals surface area contributed by atoms with Crippen LogP contribution < -0.4 is 0 Å². The first kappa shape index (κ1) is 18.9. The number of carboxylic acid groups (broad SMARTS) is 1. The Kier molecular flexibility index (Phi) is 4.21. The first-order chi connectivity index (χ1) is 14.4. The van der Waals surface area contributed by atoms with Gasteiger partial charge in [0.25, 0.3) is 5.91 Å². The Hall–Kier alpha value is -3.13. The number of benzene rings is 2. The summed E-state index contributed by atoms with van der Waals surface area (Å²) in [6.45, 7) is 3.72. The summed E-state index contributed by atoms with van der Waals surface area (Å²) in [5.74, 6) is -1.19. The quantitative estimate of drug-likeness (QED) is 0.652. The predicted molar refractivity (Wildman–Crippen MR) is 114 cm³/mol. The number of fused-ring (bicyclic) bond motifs is 1. The second-order valence-corrected chi connectivity index (χ2v) is 9.84. The molecule has 2 fully saturated rings. The van der Waals surface area contributed by atoms with Crippen LogP contribution >= 0.6 is 11.8 Å². The summed E-state index contributed by atoms with van der Waals surface area (Å²) in [5.41, 5.74) is 3.84. The number of amides is 1. The summed E-state index contributed by atoms with van der Waals surface area (Å²) in [6, 6.07) is 16.8. The zero-order chi connectivity index (χ0) is 21.0. The van der Waals surface area contributed by atoms with Crippen molar-refractivity contribution in [3.63, 3.8) is 0 Å². The average Bonchev–Trinajstić information content (AvgIpc) is 3.30. The van der Waals surface area contributed by atoms with E-state index in [-0.39, 0.29) is 11.3 Å². The van der Waals surface area contributed by atoms with Gasteiger partial charge in [0.15, 0.2) is 6.04 Å². The van der Waals surface area contributed by atoms with E-state index in [1.807, 2.05) is 56.3 Å². The lowest BCUT2D eigenvalue weighted by Gasteiger charge is -2.42. The van der Waals surface area contributed by atoms with Gasteiger partial charge < -0.3 is 10.0 Å². The molecule has 0 radical (unpaired) electrons. The third-order valence-corrected chi connectivity index (χ3v) is 7.29. The maximum Gasteiger partial charge on any atom is 0.327 e. The van der Waals surface area contributed by atoms with Gasteiger partial charge in [0, 0.05) is 10.3 Å². The van der Waals surface area contributed by atoms with Crippen LogP contribution in [0.2, 0.25) is 0 Å². The second-order valence-electron chi connectivity index (χ2n) is 8.07. The number of hydrogen-bond acceptors (Lipinski definition) is 5. The predicted octanol–water partition coefficient (Wildman–Crippen LogP) is 3.30. The van der Waals surface area contributed by atoms with Gasteiger partial charge in [-0.15, -0.1) is 16.9 Å². The molecule has 3 heterocycles. The Morgan fingerprint density at radius 1 is 1.03 bits per heavy atom. The van der Waals surface area contributed by atoms with Crippen molar-refractivity contribution in [2.45, 2.75) is 36.1 Å². The molecule has 1 amide bonds. The smallest absolute Gasteiger partial charge is 0.327 e. The van der Waals surface area contributed by atoms with E-state index in [0.717, 1.165) is 16.7 Å². The number of carbonyl (C=O) groups is 2. The SMILES string of the molecule is CC1(C)S[C@@H]2[C@H](n3cc(-c4ccc(-c5ccccc5)cc4)nn3)C(=O)N2[C@H]1C(=O)O. The van der Waals surface area contributed by atoms with Crippen molar-refractivity contribution in [3.8, 4) is 22.4 Å². The van der Waals surface area contributed by atoms with Crippen molar-refractivity contribution < 1.29 is 14.7 Å². The minimum absolute atomic E-state index is 0.221. The molecule has 3 aromatic rings. The Morgan fingerprint density at radius 3 is 2.33 bits per heavy atom. The molecule has 30 heavy (non-hydrogen) atoms. The number of carbonyl (C=O) groups excluding carboxylic acids is 1. The Balaban J connectivity index is 1.38. The highest BCUT2D eigenvalue weighted by molar-refractivity contribution is 8.01. The molecule has 0 bridgehead atoms. The third kappa shape index (κ3) is 2.82. The van der Waals surface area contributed by atoms with Gasteiger partial charge in [-0.3, -0.25) is 4.79 Å². The van der Waals surface area contributed by atoms with Gasteiger partial charge in [0.05, 0.1) is 6.20 Å². The highest BCUT2D eigenvalue weighted by Gasteiger charge is 2.64. The van der Waals surface area contributed by atoms with Crippen molar-refractivity contribution in [2.75, 3.05) is 0 Å². The third-order valence-electron chi connectivity index (χ3n) is 5.73. The van der Waals surface area contributed by atoms with Crippen LogP contribution in [0, 0.1) is 0 Å². The van der Waals surface area contributed by atoms with E-state index in [1.54, 1.807) is 10.9 Å². The monoisotopic (exact) mass is 420 g/mol. The van der Waals surface area contributed by atoms with E-state index in [4.69, 9.17) is 0 Å². The van der Waals surface area contributed by atoms with E-state index < -0.39 is 22.8 Å². The van der Waals surface area contributed by atoms with E-state index in [2.05, 4.69) is 22.4 Å². The topological polar surface area (TPSA) is 88.3 Å². The van der Waals surface area contributed by atoms with Crippen LogP contribution in [0.1, 0.15) is 19.9 Å². The molecule has 152 valence electrons. The van der Waals surface area contributed by atoms with E-state index in [0.29, 0.717) is 5.69 Å². The lowest BCUT2D eigenvalue weighted by Crippen LogP contribution is -2.62. The number of carboxylic acids is 1. The second kappa shape index (κ2) is 6.70. The lowest BCUT2D eigenvalue weighted by molar-refractivity contribution is -0.162. The molecule has 0 aliphatic carbocycles. The molecule has 0 saturated carbocycles. The molecule has 0 spiro atoms. The average molecular weight is 420 g/mol. The Morgan fingerprint density at radius 2 is 1.67 bits per heavy atom. The molecule has 5 rings (SSSR count). The maximum absolute atomic E-state index is 12.8. The van der Waals surface area contributed by atoms with Crippen LogP contribution in [0.4, 0.5) is 0 Å². The van der Waals surface area contributed by atoms with Gasteiger partial charge in [-0.1, -0.05) is 59.8 Å². The number of nitrogens with zero attached hydrogens (tertiary/aromatic N) is 4. The lowest BCUT2D eigenvalue weighted by atomic mass is 9.96. The molecule has 7 nitrogen and oxygen atoms in total. The van der Waals surface area contributed by atoms with Gasteiger partial charge in [-0.25, -0.2) is 9.48 Å². The van der Waals surface area contributed by atoms with Gasteiger partial charge in [0.1, 0.15) is 17.1 Å².